The fraction of sp³-hybridized carbons (Fsp3) is 0.684. The molecule has 1 aromatic rings. The Morgan fingerprint density at radius 3 is 2.67 bits per heavy atom. The van der Waals surface area contributed by atoms with E-state index in [0.717, 1.165) is 57.9 Å². The Morgan fingerprint density at radius 1 is 1.33 bits per heavy atom. The molecule has 2 aliphatic heterocycles. The predicted molar refractivity (Wildman–Crippen MR) is 104 cm³/mol. The smallest absolute Gasteiger partial charge is 0.475 e. The lowest BCUT2D eigenvalue weighted by Gasteiger charge is -2.38. The number of carboxylic acid groups (broad SMARTS) is 1. The van der Waals surface area contributed by atoms with E-state index in [0.29, 0.717) is 12.3 Å². The molecule has 2 aliphatic rings. The Morgan fingerprint density at radius 2 is 2.07 bits per heavy atom. The molecule has 0 radical (unpaired) electrons. The van der Waals surface area contributed by atoms with Gasteiger partial charge < -0.3 is 19.5 Å². The van der Waals surface area contributed by atoms with Gasteiger partial charge in [-0.1, -0.05) is 0 Å². The summed E-state index contributed by atoms with van der Waals surface area (Å²) >= 11 is 1.64. The summed E-state index contributed by atoms with van der Waals surface area (Å²) in [6.07, 6.45) is -3.35. The Kier molecular flexibility index (Phi) is 9.53. The number of halogens is 3. The molecule has 0 unspecified atom stereocenters. The number of carboxylic acids is 1. The SMILES string of the molecule is COCCN1CCO[C@@H]2CN(C(=O)Cc3ccsc3)CC[C@@H]2C1.O=C(O)C(F)(F)F. The minimum Gasteiger partial charge on any atom is -0.475 e. The summed E-state index contributed by atoms with van der Waals surface area (Å²) in [7, 11) is 1.74. The van der Waals surface area contributed by atoms with Crippen LogP contribution in [0.5, 0.6) is 0 Å². The van der Waals surface area contributed by atoms with Crippen molar-refractivity contribution < 1.29 is 37.3 Å². The molecule has 3 rings (SSSR count). The highest BCUT2D eigenvalue weighted by Gasteiger charge is 2.38. The van der Waals surface area contributed by atoms with Gasteiger partial charge >= 0.3 is 12.1 Å². The zero-order valence-electron chi connectivity index (χ0n) is 16.8. The molecular weight excluding hydrogens is 425 g/mol. The van der Waals surface area contributed by atoms with Gasteiger partial charge in [-0.25, -0.2) is 4.79 Å². The first kappa shape index (κ1) is 24.6. The number of methoxy groups -OCH3 is 1. The number of amides is 1. The molecule has 2 fully saturated rings. The lowest BCUT2D eigenvalue weighted by molar-refractivity contribution is -0.192. The maximum Gasteiger partial charge on any atom is 0.490 e. The van der Waals surface area contributed by atoms with Crippen LogP contribution in [0.25, 0.3) is 0 Å². The second kappa shape index (κ2) is 11.6. The average molecular weight is 452 g/mol. The molecule has 0 spiro atoms. The first-order chi connectivity index (χ1) is 14.2. The van der Waals surface area contributed by atoms with E-state index in [2.05, 4.69) is 10.3 Å². The molecule has 0 aromatic carbocycles. The maximum absolute atomic E-state index is 12.5. The topological polar surface area (TPSA) is 79.3 Å². The number of carbonyl (C=O) groups excluding carboxylic acids is 1. The molecule has 1 aromatic heterocycles. The third kappa shape index (κ3) is 7.86. The number of hydrogen-bond acceptors (Lipinski definition) is 6. The van der Waals surface area contributed by atoms with Crippen molar-refractivity contribution in [3.63, 3.8) is 0 Å². The van der Waals surface area contributed by atoms with Gasteiger partial charge in [-0.15, -0.1) is 0 Å². The summed E-state index contributed by atoms with van der Waals surface area (Å²) in [5, 5.41) is 11.2. The Hall–Kier alpha value is -1.69. The molecule has 11 heteroatoms. The monoisotopic (exact) mass is 452 g/mol. The van der Waals surface area contributed by atoms with E-state index in [9.17, 15) is 18.0 Å². The largest absolute Gasteiger partial charge is 0.490 e. The van der Waals surface area contributed by atoms with Crippen LogP contribution in [0.1, 0.15) is 12.0 Å². The Balaban J connectivity index is 0.000000396. The van der Waals surface area contributed by atoms with E-state index < -0.39 is 12.1 Å². The summed E-state index contributed by atoms with van der Waals surface area (Å²) in [6.45, 7) is 6.08. The van der Waals surface area contributed by atoms with Gasteiger partial charge in [0.1, 0.15) is 0 Å². The minimum atomic E-state index is -5.08. The van der Waals surface area contributed by atoms with E-state index >= 15 is 0 Å². The van der Waals surface area contributed by atoms with Crippen molar-refractivity contribution in [1.29, 1.82) is 0 Å². The number of fused-ring (bicyclic) bond motifs is 1. The fourth-order valence-corrected chi connectivity index (χ4v) is 4.12. The highest BCUT2D eigenvalue weighted by Crippen LogP contribution is 2.24. The number of alkyl halides is 3. The number of aliphatic carboxylic acids is 1. The number of ether oxygens (including phenoxy) is 2. The Labute approximate surface area is 177 Å². The number of carbonyl (C=O) groups is 2. The molecule has 0 bridgehead atoms. The maximum atomic E-state index is 12.5. The van der Waals surface area contributed by atoms with Gasteiger partial charge in [0.15, 0.2) is 0 Å². The van der Waals surface area contributed by atoms with Crippen molar-refractivity contribution in [1.82, 2.24) is 9.80 Å². The number of thiophene rings is 1. The van der Waals surface area contributed by atoms with Crippen LogP contribution in [0.2, 0.25) is 0 Å². The van der Waals surface area contributed by atoms with Gasteiger partial charge in [0, 0.05) is 45.8 Å². The number of likely N-dealkylation sites (tertiary alicyclic amines) is 1. The number of nitrogens with zero attached hydrogens (tertiary/aromatic N) is 2. The van der Waals surface area contributed by atoms with E-state index in [1.807, 2.05) is 16.3 Å². The molecule has 0 aliphatic carbocycles. The second-order valence-corrected chi connectivity index (χ2v) is 7.98. The molecule has 1 N–H and O–H groups in total. The van der Waals surface area contributed by atoms with Crippen molar-refractivity contribution >= 4 is 23.2 Å². The normalized spacial score (nSPS) is 22.5. The van der Waals surface area contributed by atoms with Crippen LogP contribution in [0.4, 0.5) is 13.2 Å². The fourth-order valence-electron chi connectivity index (χ4n) is 3.45. The molecule has 0 saturated carbocycles. The van der Waals surface area contributed by atoms with Crippen LogP contribution in [0.15, 0.2) is 16.8 Å². The third-order valence-corrected chi connectivity index (χ3v) is 5.80. The predicted octanol–water partition coefficient (Wildman–Crippen LogP) is 2.12. The average Bonchev–Trinajstić information content (AvgIpc) is 3.10. The van der Waals surface area contributed by atoms with Crippen LogP contribution in [0, 0.1) is 5.92 Å². The molecule has 30 heavy (non-hydrogen) atoms. The van der Waals surface area contributed by atoms with Gasteiger partial charge in [0.2, 0.25) is 5.91 Å². The van der Waals surface area contributed by atoms with Gasteiger partial charge in [0.05, 0.1) is 25.7 Å². The lowest BCUT2D eigenvalue weighted by atomic mass is 9.93. The summed E-state index contributed by atoms with van der Waals surface area (Å²) in [4.78, 5) is 25.8. The molecule has 170 valence electrons. The van der Waals surface area contributed by atoms with Crippen LogP contribution in [0.3, 0.4) is 0 Å². The van der Waals surface area contributed by atoms with E-state index in [4.69, 9.17) is 19.4 Å². The van der Waals surface area contributed by atoms with Crippen molar-refractivity contribution in [2.75, 3.05) is 53.0 Å². The van der Waals surface area contributed by atoms with E-state index in [1.165, 1.54) is 0 Å². The lowest BCUT2D eigenvalue weighted by Crippen LogP contribution is -2.49. The molecule has 2 saturated heterocycles. The summed E-state index contributed by atoms with van der Waals surface area (Å²) < 4.78 is 43.0. The summed E-state index contributed by atoms with van der Waals surface area (Å²) in [5.74, 6) is -2.00. The number of piperidine rings is 1. The van der Waals surface area contributed by atoms with Gasteiger partial charge in [0.25, 0.3) is 0 Å². The first-order valence-corrected chi connectivity index (χ1v) is 10.6. The summed E-state index contributed by atoms with van der Waals surface area (Å²) in [5.41, 5.74) is 1.12. The quantitative estimate of drug-likeness (QED) is 0.738. The van der Waals surface area contributed by atoms with Gasteiger partial charge in [-0.05, 0) is 28.8 Å². The van der Waals surface area contributed by atoms with E-state index in [1.54, 1.807) is 18.4 Å². The third-order valence-electron chi connectivity index (χ3n) is 5.07. The van der Waals surface area contributed by atoms with Crippen molar-refractivity contribution in [3.8, 4) is 0 Å². The van der Waals surface area contributed by atoms with Gasteiger partial charge in [-0.3, -0.25) is 9.69 Å². The van der Waals surface area contributed by atoms with Crippen LogP contribution >= 0.6 is 11.3 Å². The minimum absolute atomic E-state index is 0.183. The van der Waals surface area contributed by atoms with Crippen molar-refractivity contribution in [2.24, 2.45) is 5.92 Å². The van der Waals surface area contributed by atoms with Gasteiger partial charge in [-0.2, -0.15) is 24.5 Å². The molecule has 7 nitrogen and oxygen atoms in total. The number of hydrogen-bond donors (Lipinski definition) is 1. The second-order valence-electron chi connectivity index (χ2n) is 7.20. The number of rotatable bonds is 5. The molecular formula is C19H27F3N2O5S. The van der Waals surface area contributed by atoms with Crippen molar-refractivity contribution in [2.45, 2.75) is 25.1 Å². The molecule has 3 heterocycles. The molecule has 1 amide bonds. The first-order valence-electron chi connectivity index (χ1n) is 9.62. The van der Waals surface area contributed by atoms with Crippen LogP contribution in [-0.2, 0) is 25.5 Å². The Bertz CT molecular complexity index is 672. The van der Waals surface area contributed by atoms with Crippen LogP contribution in [-0.4, -0.2) is 92.1 Å². The van der Waals surface area contributed by atoms with Crippen molar-refractivity contribution in [3.05, 3.63) is 22.4 Å². The highest BCUT2D eigenvalue weighted by atomic mass is 32.1. The summed E-state index contributed by atoms with van der Waals surface area (Å²) in [6, 6.07) is 2.03. The zero-order chi connectivity index (χ0) is 22.1. The highest BCUT2D eigenvalue weighted by molar-refractivity contribution is 7.08. The zero-order valence-corrected chi connectivity index (χ0v) is 17.6. The van der Waals surface area contributed by atoms with Crippen LogP contribution < -0.4 is 0 Å². The standard InChI is InChI=1S/C17H26N2O3S.C2HF3O2/c1-21-7-5-18-6-8-22-16-12-19(4-2-15(16)11-18)17(20)10-14-3-9-23-13-14;3-2(4,5)1(6)7/h3,9,13,15-16H,2,4-8,10-12H2,1H3;(H,6,7)/t15-,16-;/m1./s1. The molecule has 2 atom stereocenters. The van der Waals surface area contributed by atoms with E-state index in [-0.39, 0.29) is 12.0 Å².